The van der Waals surface area contributed by atoms with Crippen molar-refractivity contribution >= 4 is 21.8 Å². The van der Waals surface area contributed by atoms with E-state index < -0.39 is 10.0 Å². The van der Waals surface area contributed by atoms with Crippen molar-refractivity contribution in [3.8, 4) is 0 Å². The fourth-order valence-electron chi connectivity index (χ4n) is 1.09. The van der Waals surface area contributed by atoms with Crippen LogP contribution in [0.5, 0.6) is 0 Å². The van der Waals surface area contributed by atoms with Gasteiger partial charge in [0.25, 0.3) is 0 Å². The first-order chi connectivity index (χ1) is 6.52. The van der Waals surface area contributed by atoms with Crippen LogP contribution in [0.1, 0.15) is 13.3 Å². The van der Waals surface area contributed by atoms with Crippen molar-refractivity contribution < 1.29 is 8.42 Å². The van der Waals surface area contributed by atoms with Crippen LogP contribution < -0.4 is 10.0 Å². The highest BCUT2D eigenvalue weighted by atomic mass is 32.2. The van der Waals surface area contributed by atoms with Gasteiger partial charge in [0.2, 0.25) is 10.0 Å². The van der Waals surface area contributed by atoms with Crippen molar-refractivity contribution in [2.45, 2.75) is 19.4 Å². The molecule has 0 aliphatic rings. The Balaban J connectivity index is 3.82. The molecule has 0 aromatic heterocycles. The highest BCUT2D eigenvalue weighted by molar-refractivity contribution is 7.98. The average molecular weight is 240 g/mol. The normalized spacial score (nSPS) is 14.2. The lowest BCUT2D eigenvalue weighted by Crippen LogP contribution is -2.36. The van der Waals surface area contributed by atoms with Gasteiger partial charge in [-0.1, -0.05) is 0 Å². The van der Waals surface area contributed by atoms with Crippen LogP contribution in [0.4, 0.5) is 0 Å². The average Bonchev–Trinajstić information content (AvgIpc) is 2.03. The summed E-state index contributed by atoms with van der Waals surface area (Å²) in [4.78, 5) is 0. The maximum absolute atomic E-state index is 11.4. The van der Waals surface area contributed by atoms with E-state index >= 15 is 0 Å². The first kappa shape index (κ1) is 14.2. The van der Waals surface area contributed by atoms with Crippen LogP contribution in [0.25, 0.3) is 0 Å². The molecule has 0 aromatic carbocycles. The summed E-state index contributed by atoms with van der Waals surface area (Å²) in [5, 5.41) is 2.92. The fourth-order valence-corrected chi connectivity index (χ4v) is 3.12. The van der Waals surface area contributed by atoms with Crippen molar-refractivity contribution in [2.75, 3.05) is 31.4 Å². The molecule has 0 heterocycles. The van der Waals surface area contributed by atoms with E-state index in [4.69, 9.17) is 0 Å². The van der Waals surface area contributed by atoms with E-state index in [2.05, 4.69) is 10.0 Å². The minimum absolute atomic E-state index is 0.0181. The third kappa shape index (κ3) is 7.61. The zero-order valence-corrected chi connectivity index (χ0v) is 10.7. The number of nitrogens with one attached hydrogen (secondary N) is 2. The van der Waals surface area contributed by atoms with Gasteiger partial charge >= 0.3 is 0 Å². The van der Waals surface area contributed by atoms with Gasteiger partial charge in [0.05, 0.1) is 5.75 Å². The summed E-state index contributed by atoms with van der Waals surface area (Å²) >= 11 is 1.64. The highest BCUT2D eigenvalue weighted by Gasteiger charge is 2.12. The summed E-state index contributed by atoms with van der Waals surface area (Å²) in [6.45, 7) is 2.62. The Morgan fingerprint density at radius 3 is 2.57 bits per heavy atom. The summed E-state index contributed by atoms with van der Waals surface area (Å²) in [6, 6.07) is 0.0181. The van der Waals surface area contributed by atoms with Gasteiger partial charge in [-0.2, -0.15) is 11.8 Å². The Morgan fingerprint density at radius 2 is 2.07 bits per heavy atom. The molecular weight excluding hydrogens is 220 g/mol. The Labute approximate surface area is 91.3 Å². The minimum Gasteiger partial charge on any atom is -0.320 e. The number of hydrogen-bond donors (Lipinski definition) is 2. The van der Waals surface area contributed by atoms with Crippen LogP contribution in [-0.2, 0) is 10.0 Å². The van der Waals surface area contributed by atoms with Gasteiger partial charge in [-0.15, -0.1) is 0 Å². The summed E-state index contributed by atoms with van der Waals surface area (Å²) in [7, 11) is -1.26. The molecule has 0 aliphatic heterocycles. The molecule has 0 saturated carbocycles. The van der Waals surface area contributed by atoms with Crippen LogP contribution in [0.15, 0.2) is 0 Å². The van der Waals surface area contributed by atoms with Crippen molar-refractivity contribution in [2.24, 2.45) is 0 Å². The molecule has 2 N–H and O–H groups in total. The lowest BCUT2D eigenvalue weighted by atomic mass is 10.4. The van der Waals surface area contributed by atoms with Gasteiger partial charge in [-0.05, 0) is 33.2 Å². The molecule has 0 spiro atoms. The van der Waals surface area contributed by atoms with E-state index in [0.717, 1.165) is 12.3 Å². The van der Waals surface area contributed by atoms with Crippen molar-refractivity contribution in [3.05, 3.63) is 0 Å². The molecule has 86 valence electrons. The third-order valence-corrected chi connectivity index (χ3v) is 4.06. The number of sulfonamides is 1. The fraction of sp³-hybridized carbons (Fsp3) is 1.00. The van der Waals surface area contributed by atoms with Crippen molar-refractivity contribution in [1.82, 2.24) is 10.0 Å². The quantitative estimate of drug-likeness (QED) is 0.598. The number of thioether (sulfide) groups is 1. The van der Waals surface area contributed by atoms with Crippen LogP contribution >= 0.6 is 11.8 Å². The molecule has 0 rings (SSSR count). The molecule has 4 nitrogen and oxygen atoms in total. The second-order valence-corrected chi connectivity index (χ2v) is 6.03. The van der Waals surface area contributed by atoms with E-state index in [0.29, 0.717) is 6.42 Å². The molecular formula is C8H20N2O2S2. The molecule has 0 aliphatic carbocycles. The summed E-state index contributed by atoms with van der Waals surface area (Å²) in [5.41, 5.74) is 0. The third-order valence-electron chi connectivity index (χ3n) is 1.64. The van der Waals surface area contributed by atoms with Crippen LogP contribution in [0, 0.1) is 0 Å². The molecule has 0 bridgehead atoms. The topological polar surface area (TPSA) is 58.2 Å². The highest BCUT2D eigenvalue weighted by Crippen LogP contribution is 1.99. The standard InChI is InChI=1S/C8H20N2O2S2/c1-8(7-13-3)10-14(11,12)6-4-5-9-2/h8-10H,4-7H2,1-3H3. The number of rotatable bonds is 8. The predicted octanol–water partition coefficient (Wildman–Crippen LogP) is 0.267. The predicted molar refractivity (Wildman–Crippen MR) is 63.3 cm³/mol. The minimum atomic E-state index is -3.08. The summed E-state index contributed by atoms with van der Waals surface area (Å²) in [6.07, 6.45) is 2.61. The van der Waals surface area contributed by atoms with Crippen molar-refractivity contribution in [1.29, 1.82) is 0 Å². The van der Waals surface area contributed by atoms with Gasteiger partial charge in [0.15, 0.2) is 0 Å². The molecule has 0 fully saturated rings. The Bertz CT molecular complexity index is 229. The van der Waals surface area contributed by atoms with Gasteiger partial charge in [-0.3, -0.25) is 0 Å². The largest absolute Gasteiger partial charge is 0.320 e. The van der Waals surface area contributed by atoms with Crippen molar-refractivity contribution in [3.63, 3.8) is 0 Å². The molecule has 6 heteroatoms. The molecule has 1 atom stereocenters. The van der Waals surface area contributed by atoms with E-state index in [1.165, 1.54) is 0 Å². The summed E-state index contributed by atoms with van der Waals surface area (Å²) < 4.78 is 25.5. The zero-order valence-electron chi connectivity index (χ0n) is 9.04. The smallest absolute Gasteiger partial charge is 0.211 e. The Morgan fingerprint density at radius 1 is 1.43 bits per heavy atom. The van der Waals surface area contributed by atoms with Crippen LogP contribution in [0.3, 0.4) is 0 Å². The van der Waals surface area contributed by atoms with E-state index in [1.807, 2.05) is 20.2 Å². The SMILES string of the molecule is CNCCCS(=O)(=O)NC(C)CSC. The molecule has 1 unspecified atom stereocenters. The molecule has 14 heavy (non-hydrogen) atoms. The molecule has 0 saturated heterocycles. The van der Waals surface area contributed by atoms with E-state index in [9.17, 15) is 8.42 Å². The second kappa shape index (κ2) is 7.50. The molecule has 0 radical (unpaired) electrons. The monoisotopic (exact) mass is 240 g/mol. The Hall–Kier alpha value is 0.220. The van der Waals surface area contributed by atoms with Gasteiger partial charge in [0, 0.05) is 11.8 Å². The van der Waals surface area contributed by atoms with E-state index in [-0.39, 0.29) is 11.8 Å². The lowest BCUT2D eigenvalue weighted by Gasteiger charge is -2.12. The zero-order chi connectivity index (χ0) is 11.0. The Kier molecular flexibility index (Phi) is 7.62. The first-order valence-electron chi connectivity index (χ1n) is 4.65. The van der Waals surface area contributed by atoms with Crippen LogP contribution in [0.2, 0.25) is 0 Å². The first-order valence-corrected chi connectivity index (χ1v) is 7.70. The summed E-state index contributed by atoms with van der Waals surface area (Å²) in [5.74, 6) is 1.01. The maximum Gasteiger partial charge on any atom is 0.211 e. The van der Waals surface area contributed by atoms with Gasteiger partial charge < -0.3 is 5.32 Å². The van der Waals surface area contributed by atoms with Gasteiger partial charge in [0.1, 0.15) is 0 Å². The molecule has 0 amide bonds. The second-order valence-electron chi connectivity index (χ2n) is 3.25. The number of hydrogen-bond acceptors (Lipinski definition) is 4. The molecule has 0 aromatic rings. The lowest BCUT2D eigenvalue weighted by molar-refractivity contribution is 0.567. The van der Waals surface area contributed by atoms with E-state index in [1.54, 1.807) is 11.8 Å². The van der Waals surface area contributed by atoms with Gasteiger partial charge in [-0.25, -0.2) is 13.1 Å². The maximum atomic E-state index is 11.4. The van der Waals surface area contributed by atoms with Crippen LogP contribution in [-0.4, -0.2) is 45.8 Å².